The van der Waals surface area contributed by atoms with E-state index in [0.717, 1.165) is 61.1 Å². The highest BCUT2D eigenvalue weighted by Crippen LogP contribution is 2.37. The molecular weight excluding hydrogens is 473 g/mol. The lowest BCUT2D eigenvalue weighted by atomic mass is 10.0. The second kappa shape index (κ2) is 14.1. The van der Waals surface area contributed by atoms with Crippen molar-refractivity contribution in [2.45, 2.75) is 46.5 Å². The Bertz CT molecular complexity index is 1030. The van der Waals surface area contributed by atoms with Crippen molar-refractivity contribution in [3.8, 4) is 11.1 Å². The predicted molar refractivity (Wildman–Crippen MR) is 142 cm³/mol. The molecule has 0 radical (unpaired) electrons. The Labute approximate surface area is 212 Å². The molecule has 7 nitrogen and oxygen atoms in total. The third-order valence-electron chi connectivity index (χ3n) is 5.65. The molecular formula is C25H35Cl2N5O2. The molecule has 0 spiro atoms. The molecule has 2 saturated heterocycles. The molecule has 1 aromatic carbocycles. The number of aliphatic hydroxyl groups is 1. The number of likely N-dealkylation sites (tertiary alicyclic amines) is 1. The van der Waals surface area contributed by atoms with Crippen LogP contribution in [0.5, 0.6) is 0 Å². The van der Waals surface area contributed by atoms with Crippen molar-refractivity contribution in [2.24, 2.45) is 0 Å². The van der Waals surface area contributed by atoms with Gasteiger partial charge < -0.3 is 14.9 Å². The van der Waals surface area contributed by atoms with E-state index in [-0.39, 0.29) is 5.91 Å². The number of amides is 1. The van der Waals surface area contributed by atoms with Crippen LogP contribution < -0.4 is 4.90 Å². The zero-order valence-corrected chi connectivity index (χ0v) is 22.0. The molecule has 34 heavy (non-hydrogen) atoms. The molecule has 2 aliphatic heterocycles. The SMILES string of the molecule is CC.CC(=O)N1CCCC1.CO.Clc1ccc2c(-c3cn[nH]c3)cc(N3CCCC3)nc2c1Cl. The number of aromatic nitrogens is 3. The number of nitrogens with one attached hydrogen (secondary N) is 1. The summed E-state index contributed by atoms with van der Waals surface area (Å²) in [4.78, 5) is 19.5. The first-order valence-electron chi connectivity index (χ1n) is 11.8. The fraction of sp³-hybridized carbons (Fsp3) is 0.480. The van der Waals surface area contributed by atoms with Gasteiger partial charge in [-0.2, -0.15) is 5.10 Å². The molecule has 0 atom stereocenters. The molecule has 2 aliphatic rings. The molecule has 2 fully saturated rings. The van der Waals surface area contributed by atoms with Gasteiger partial charge in [-0.05, 0) is 43.4 Å². The summed E-state index contributed by atoms with van der Waals surface area (Å²) in [6.07, 6.45) is 8.48. The maximum atomic E-state index is 10.6. The Morgan fingerprint density at radius 2 is 1.65 bits per heavy atom. The summed E-state index contributed by atoms with van der Waals surface area (Å²) >= 11 is 12.6. The predicted octanol–water partition coefficient (Wildman–Crippen LogP) is 5.80. The van der Waals surface area contributed by atoms with E-state index in [1.165, 1.54) is 25.7 Å². The zero-order valence-electron chi connectivity index (χ0n) is 20.4. The number of H-pyrrole nitrogens is 1. The van der Waals surface area contributed by atoms with Gasteiger partial charge in [-0.15, -0.1) is 0 Å². The van der Waals surface area contributed by atoms with E-state index in [0.29, 0.717) is 10.0 Å². The molecule has 2 N–H and O–H groups in total. The van der Waals surface area contributed by atoms with Crippen molar-refractivity contribution in [3.05, 3.63) is 40.6 Å². The Morgan fingerprint density at radius 1 is 1.03 bits per heavy atom. The number of rotatable bonds is 2. The van der Waals surface area contributed by atoms with Crippen molar-refractivity contribution in [1.82, 2.24) is 20.1 Å². The van der Waals surface area contributed by atoms with Crippen LogP contribution in [0.4, 0.5) is 5.82 Å². The molecule has 9 heteroatoms. The van der Waals surface area contributed by atoms with E-state index in [1.807, 2.05) is 43.3 Å². The number of aromatic amines is 1. The van der Waals surface area contributed by atoms with Crippen LogP contribution in [0.3, 0.4) is 0 Å². The maximum Gasteiger partial charge on any atom is 0.219 e. The molecule has 0 saturated carbocycles. The number of pyridine rings is 1. The normalized spacial score (nSPS) is 14.6. The van der Waals surface area contributed by atoms with Gasteiger partial charge in [0.05, 0.1) is 21.8 Å². The lowest BCUT2D eigenvalue weighted by molar-refractivity contribution is -0.127. The summed E-state index contributed by atoms with van der Waals surface area (Å²) in [5, 5.41) is 15.9. The lowest BCUT2D eigenvalue weighted by Gasteiger charge is -2.19. The first kappa shape index (κ1) is 27.9. The molecule has 1 amide bonds. The Balaban J connectivity index is 0.000000286. The molecule has 4 heterocycles. The molecule has 0 unspecified atom stereocenters. The standard InChI is InChI=1S/C16H14Cl2N4.C6H11NO.C2H6.CH4O/c17-13-4-3-11-12(10-8-19-20-9-10)7-14(21-16(11)15(13)18)22-5-1-2-6-22;1-6(8)7-4-2-3-5-7;2*1-2/h3-4,7-9H,1-2,5-6H2,(H,19,20);2-5H2,1H3;1-2H3;2H,1H3. The van der Waals surface area contributed by atoms with Gasteiger partial charge in [0, 0.05) is 57.4 Å². The summed E-state index contributed by atoms with van der Waals surface area (Å²) in [7, 11) is 1.00. The van der Waals surface area contributed by atoms with Crippen molar-refractivity contribution < 1.29 is 9.90 Å². The minimum absolute atomic E-state index is 0.225. The van der Waals surface area contributed by atoms with Gasteiger partial charge in [-0.3, -0.25) is 9.89 Å². The number of aliphatic hydroxyl groups excluding tert-OH is 1. The van der Waals surface area contributed by atoms with Gasteiger partial charge in [0.2, 0.25) is 5.91 Å². The van der Waals surface area contributed by atoms with Crippen molar-refractivity contribution in [2.75, 3.05) is 38.2 Å². The second-order valence-electron chi connectivity index (χ2n) is 7.68. The Morgan fingerprint density at radius 3 is 2.18 bits per heavy atom. The Kier molecular flexibility index (Phi) is 11.6. The number of carbonyl (C=O) groups excluding carboxylic acids is 1. The minimum atomic E-state index is 0.225. The molecule has 5 rings (SSSR count). The number of fused-ring (bicyclic) bond motifs is 1. The molecule has 0 bridgehead atoms. The number of hydrogen-bond donors (Lipinski definition) is 2. The third kappa shape index (κ3) is 6.84. The van der Waals surface area contributed by atoms with Crippen molar-refractivity contribution in [3.63, 3.8) is 0 Å². The quantitative estimate of drug-likeness (QED) is 0.457. The highest BCUT2D eigenvalue weighted by molar-refractivity contribution is 6.45. The maximum absolute atomic E-state index is 10.6. The smallest absolute Gasteiger partial charge is 0.219 e. The minimum Gasteiger partial charge on any atom is -0.400 e. The number of nitrogens with zero attached hydrogens (tertiary/aromatic N) is 4. The van der Waals surface area contributed by atoms with Crippen LogP contribution in [-0.2, 0) is 4.79 Å². The van der Waals surface area contributed by atoms with Gasteiger partial charge >= 0.3 is 0 Å². The largest absolute Gasteiger partial charge is 0.400 e. The fourth-order valence-electron chi connectivity index (χ4n) is 4.00. The van der Waals surface area contributed by atoms with E-state index in [1.54, 1.807) is 6.92 Å². The van der Waals surface area contributed by atoms with Gasteiger partial charge in [-0.25, -0.2) is 4.98 Å². The van der Waals surface area contributed by atoms with Crippen LogP contribution in [0.15, 0.2) is 30.6 Å². The third-order valence-corrected chi connectivity index (χ3v) is 6.44. The summed E-state index contributed by atoms with van der Waals surface area (Å²) in [5.74, 6) is 1.17. The summed E-state index contributed by atoms with van der Waals surface area (Å²) in [6, 6.07) is 5.89. The first-order valence-corrected chi connectivity index (χ1v) is 12.5. The van der Waals surface area contributed by atoms with E-state index in [2.05, 4.69) is 21.2 Å². The molecule has 186 valence electrons. The zero-order chi connectivity index (χ0) is 25.1. The van der Waals surface area contributed by atoms with Crippen molar-refractivity contribution in [1.29, 1.82) is 0 Å². The Hall–Kier alpha value is -2.35. The van der Waals surface area contributed by atoms with Gasteiger partial charge in [0.1, 0.15) is 5.82 Å². The van der Waals surface area contributed by atoms with Crippen LogP contribution in [0.2, 0.25) is 10.0 Å². The molecule has 3 aromatic rings. The van der Waals surface area contributed by atoms with Crippen molar-refractivity contribution >= 4 is 45.8 Å². The lowest BCUT2D eigenvalue weighted by Crippen LogP contribution is -2.24. The van der Waals surface area contributed by atoms with Crippen LogP contribution in [0, 0.1) is 0 Å². The topological polar surface area (TPSA) is 85.3 Å². The van der Waals surface area contributed by atoms with E-state index >= 15 is 0 Å². The van der Waals surface area contributed by atoms with Crippen LogP contribution >= 0.6 is 23.2 Å². The van der Waals surface area contributed by atoms with Gasteiger partial charge in [0.15, 0.2) is 0 Å². The molecule has 0 aliphatic carbocycles. The highest BCUT2D eigenvalue weighted by Gasteiger charge is 2.18. The van der Waals surface area contributed by atoms with E-state index < -0.39 is 0 Å². The summed E-state index contributed by atoms with van der Waals surface area (Å²) in [5.41, 5.74) is 2.83. The van der Waals surface area contributed by atoms with E-state index in [9.17, 15) is 4.79 Å². The number of hydrogen-bond acceptors (Lipinski definition) is 5. The van der Waals surface area contributed by atoms with Crippen LogP contribution in [-0.4, -0.2) is 64.4 Å². The molecule has 2 aromatic heterocycles. The van der Waals surface area contributed by atoms with Gasteiger partial charge in [-0.1, -0.05) is 43.1 Å². The van der Waals surface area contributed by atoms with E-state index in [4.69, 9.17) is 33.3 Å². The number of halogens is 2. The van der Waals surface area contributed by atoms with Gasteiger partial charge in [0.25, 0.3) is 0 Å². The fourth-order valence-corrected chi connectivity index (χ4v) is 4.36. The highest BCUT2D eigenvalue weighted by atomic mass is 35.5. The summed E-state index contributed by atoms with van der Waals surface area (Å²) in [6.45, 7) is 9.65. The first-order chi connectivity index (χ1) is 16.5. The second-order valence-corrected chi connectivity index (χ2v) is 8.47. The number of carbonyl (C=O) groups is 1. The average molecular weight is 508 g/mol. The number of anilines is 1. The average Bonchev–Trinajstić information content (AvgIpc) is 3.67. The summed E-state index contributed by atoms with van der Waals surface area (Å²) < 4.78 is 0. The van der Waals surface area contributed by atoms with Crippen LogP contribution in [0.1, 0.15) is 46.5 Å². The van der Waals surface area contributed by atoms with Crippen LogP contribution in [0.25, 0.3) is 22.0 Å². The number of benzene rings is 1. The monoisotopic (exact) mass is 507 g/mol.